The zero-order chi connectivity index (χ0) is 16.3. The predicted octanol–water partition coefficient (Wildman–Crippen LogP) is 1.16. The van der Waals surface area contributed by atoms with E-state index in [0.29, 0.717) is 31.9 Å². The molecule has 1 atom stereocenters. The van der Waals surface area contributed by atoms with Crippen molar-refractivity contribution in [3.8, 4) is 0 Å². The second-order valence-corrected chi connectivity index (χ2v) is 8.10. The number of β-amino-alcohol motifs (C(OH)–C–C–N with tert-alkyl or cyclic N) is 1. The van der Waals surface area contributed by atoms with Crippen LogP contribution in [-0.2, 0) is 4.74 Å². The number of thioether (sulfide) groups is 1. The Bertz CT molecular complexity index is 548. The highest BCUT2D eigenvalue weighted by molar-refractivity contribution is 8.00. The van der Waals surface area contributed by atoms with E-state index in [1.165, 1.54) is 35.9 Å². The molecule has 2 fully saturated rings. The molecule has 3 heterocycles. The Labute approximate surface area is 144 Å². The van der Waals surface area contributed by atoms with Crippen LogP contribution in [-0.4, -0.2) is 83.6 Å². The predicted molar refractivity (Wildman–Crippen MR) is 91.2 cm³/mol. The summed E-state index contributed by atoms with van der Waals surface area (Å²) < 4.78 is 6.45. The van der Waals surface area contributed by atoms with Crippen molar-refractivity contribution in [2.75, 3.05) is 52.2 Å². The molecule has 0 aliphatic carbocycles. The maximum atomic E-state index is 12.7. The van der Waals surface area contributed by atoms with Crippen LogP contribution in [0.1, 0.15) is 23.3 Å². The van der Waals surface area contributed by atoms with Crippen molar-refractivity contribution in [2.24, 2.45) is 0 Å². The van der Waals surface area contributed by atoms with Crippen LogP contribution < -0.4 is 0 Å². The van der Waals surface area contributed by atoms with E-state index >= 15 is 0 Å². The maximum absolute atomic E-state index is 12.7. The van der Waals surface area contributed by atoms with Gasteiger partial charge in [0.1, 0.15) is 15.6 Å². The standard InChI is InChI=1S/C15H23N3O3S2/c1-22-14-16-12(8-23-14)13(19)18-6-7-21-11-15(20,10-18)9-17-4-2-3-5-17/h8,20H,2-7,9-11H2,1H3/t15-/m1/s1. The number of thiazole rings is 1. The van der Waals surface area contributed by atoms with Crippen LogP contribution in [0.2, 0.25) is 0 Å². The molecule has 6 nitrogen and oxygen atoms in total. The number of hydrogen-bond acceptors (Lipinski definition) is 7. The zero-order valence-electron chi connectivity index (χ0n) is 13.4. The molecule has 3 rings (SSSR count). The molecule has 128 valence electrons. The van der Waals surface area contributed by atoms with Crippen LogP contribution in [0.5, 0.6) is 0 Å². The summed E-state index contributed by atoms with van der Waals surface area (Å²) in [6, 6.07) is 0. The molecule has 2 aliphatic rings. The van der Waals surface area contributed by atoms with Gasteiger partial charge in [-0.15, -0.1) is 11.3 Å². The number of likely N-dealkylation sites (tertiary alicyclic amines) is 1. The highest BCUT2D eigenvalue weighted by Crippen LogP contribution is 2.23. The Balaban J connectivity index is 1.69. The largest absolute Gasteiger partial charge is 0.384 e. The fourth-order valence-corrected chi connectivity index (χ4v) is 4.39. The topological polar surface area (TPSA) is 65.9 Å². The van der Waals surface area contributed by atoms with Crippen molar-refractivity contribution in [2.45, 2.75) is 22.8 Å². The molecular weight excluding hydrogens is 334 g/mol. The van der Waals surface area contributed by atoms with E-state index in [0.717, 1.165) is 17.4 Å². The summed E-state index contributed by atoms with van der Waals surface area (Å²) in [7, 11) is 0. The van der Waals surface area contributed by atoms with Gasteiger partial charge in [0, 0.05) is 18.5 Å². The fraction of sp³-hybridized carbons (Fsp3) is 0.733. The Hall–Kier alpha value is -0.670. The first-order valence-corrected chi connectivity index (χ1v) is 10.0. The summed E-state index contributed by atoms with van der Waals surface area (Å²) in [5.41, 5.74) is -0.542. The number of aromatic nitrogens is 1. The molecule has 0 saturated carbocycles. The molecule has 1 amide bonds. The van der Waals surface area contributed by atoms with Gasteiger partial charge in [0.2, 0.25) is 0 Å². The van der Waals surface area contributed by atoms with Gasteiger partial charge in [0.15, 0.2) is 0 Å². The quantitative estimate of drug-likeness (QED) is 0.816. The van der Waals surface area contributed by atoms with Crippen molar-refractivity contribution < 1.29 is 14.6 Å². The first kappa shape index (κ1) is 17.2. The number of carbonyl (C=O) groups excluding carboxylic acids is 1. The van der Waals surface area contributed by atoms with Gasteiger partial charge in [0.25, 0.3) is 5.91 Å². The molecule has 2 saturated heterocycles. The number of nitrogens with zero attached hydrogens (tertiary/aromatic N) is 3. The molecule has 0 unspecified atom stereocenters. The first-order valence-electron chi connectivity index (χ1n) is 7.91. The summed E-state index contributed by atoms with van der Waals surface area (Å²) in [5.74, 6) is -0.119. The maximum Gasteiger partial charge on any atom is 0.273 e. The van der Waals surface area contributed by atoms with Gasteiger partial charge in [-0.25, -0.2) is 4.98 Å². The minimum atomic E-state index is -1.01. The summed E-state index contributed by atoms with van der Waals surface area (Å²) in [6.07, 6.45) is 4.30. The van der Waals surface area contributed by atoms with Gasteiger partial charge in [-0.05, 0) is 32.2 Å². The van der Waals surface area contributed by atoms with Crippen LogP contribution in [0, 0.1) is 0 Å². The third kappa shape index (κ3) is 4.24. The second-order valence-electron chi connectivity index (χ2n) is 6.19. The first-order chi connectivity index (χ1) is 11.1. The van der Waals surface area contributed by atoms with Gasteiger partial charge in [-0.2, -0.15) is 0 Å². The average Bonchev–Trinajstić information content (AvgIpc) is 3.17. The normalized spacial score (nSPS) is 26.4. The Morgan fingerprint density at radius 2 is 2.26 bits per heavy atom. The van der Waals surface area contributed by atoms with Gasteiger partial charge in [0.05, 0.1) is 19.8 Å². The molecule has 23 heavy (non-hydrogen) atoms. The van der Waals surface area contributed by atoms with Crippen molar-refractivity contribution >= 4 is 29.0 Å². The van der Waals surface area contributed by atoms with E-state index in [1.807, 2.05) is 6.26 Å². The fourth-order valence-electron chi connectivity index (χ4n) is 3.15. The molecule has 0 radical (unpaired) electrons. The number of amides is 1. The molecular formula is C15H23N3O3S2. The van der Waals surface area contributed by atoms with Crippen molar-refractivity contribution in [1.29, 1.82) is 0 Å². The monoisotopic (exact) mass is 357 g/mol. The van der Waals surface area contributed by atoms with E-state index in [4.69, 9.17) is 4.74 Å². The van der Waals surface area contributed by atoms with E-state index < -0.39 is 5.60 Å². The van der Waals surface area contributed by atoms with Crippen molar-refractivity contribution in [3.63, 3.8) is 0 Å². The highest BCUT2D eigenvalue weighted by atomic mass is 32.2. The lowest BCUT2D eigenvalue weighted by molar-refractivity contribution is -0.0524. The highest BCUT2D eigenvalue weighted by Gasteiger charge is 2.37. The molecule has 1 aromatic heterocycles. The molecule has 0 spiro atoms. The van der Waals surface area contributed by atoms with Gasteiger partial charge in [-0.1, -0.05) is 11.8 Å². The molecule has 8 heteroatoms. The van der Waals surface area contributed by atoms with Gasteiger partial charge in [-0.3, -0.25) is 4.79 Å². The van der Waals surface area contributed by atoms with Gasteiger partial charge >= 0.3 is 0 Å². The third-order valence-corrected chi connectivity index (χ3v) is 6.11. The zero-order valence-corrected chi connectivity index (χ0v) is 15.0. The number of hydrogen-bond donors (Lipinski definition) is 1. The Kier molecular flexibility index (Phi) is 5.58. The number of ether oxygens (including phenoxy) is 1. The van der Waals surface area contributed by atoms with Crippen LogP contribution in [0.15, 0.2) is 9.72 Å². The smallest absolute Gasteiger partial charge is 0.273 e. The minimum absolute atomic E-state index is 0.119. The number of carbonyl (C=O) groups is 1. The Morgan fingerprint density at radius 3 is 2.96 bits per heavy atom. The molecule has 2 aliphatic heterocycles. The van der Waals surface area contributed by atoms with Crippen molar-refractivity contribution in [1.82, 2.24) is 14.8 Å². The number of aliphatic hydroxyl groups is 1. The number of rotatable bonds is 4. The second kappa shape index (κ2) is 7.48. The molecule has 0 bridgehead atoms. The SMILES string of the molecule is CSc1nc(C(=O)N2CCOC[C@@](O)(CN3CCCC3)C2)cs1. The van der Waals surface area contributed by atoms with E-state index in [2.05, 4.69) is 9.88 Å². The molecule has 1 N–H and O–H groups in total. The van der Waals surface area contributed by atoms with Gasteiger partial charge < -0.3 is 19.6 Å². The molecule has 0 aromatic carbocycles. The van der Waals surface area contributed by atoms with E-state index in [9.17, 15) is 9.90 Å². The van der Waals surface area contributed by atoms with Crippen molar-refractivity contribution in [3.05, 3.63) is 11.1 Å². The Morgan fingerprint density at radius 1 is 1.48 bits per heavy atom. The summed E-state index contributed by atoms with van der Waals surface area (Å²) in [6.45, 7) is 4.11. The summed E-state index contributed by atoms with van der Waals surface area (Å²) in [5, 5.41) is 12.7. The lowest BCUT2D eigenvalue weighted by Gasteiger charge is -2.33. The van der Waals surface area contributed by atoms with Crippen LogP contribution in [0.4, 0.5) is 0 Å². The third-order valence-electron chi connectivity index (χ3n) is 4.24. The minimum Gasteiger partial charge on any atom is -0.384 e. The van der Waals surface area contributed by atoms with Crippen LogP contribution in [0.25, 0.3) is 0 Å². The lowest BCUT2D eigenvalue weighted by atomic mass is 10.0. The molecule has 1 aromatic rings. The van der Waals surface area contributed by atoms with Crippen LogP contribution >= 0.6 is 23.1 Å². The summed E-state index contributed by atoms with van der Waals surface area (Å²) >= 11 is 3.01. The van der Waals surface area contributed by atoms with Crippen LogP contribution in [0.3, 0.4) is 0 Å². The van der Waals surface area contributed by atoms with E-state index in [-0.39, 0.29) is 12.5 Å². The lowest BCUT2D eigenvalue weighted by Crippen LogP contribution is -2.53. The average molecular weight is 358 g/mol. The van der Waals surface area contributed by atoms with E-state index in [1.54, 1.807) is 10.3 Å². The summed E-state index contributed by atoms with van der Waals surface area (Å²) in [4.78, 5) is 21.0.